The first-order valence-corrected chi connectivity index (χ1v) is 9.16. The van der Waals surface area contributed by atoms with Gasteiger partial charge in [-0.1, -0.05) is 29.8 Å². The van der Waals surface area contributed by atoms with E-state index in [0.717, 1.165) is 17.9 Å². The predicted molar refractivity (Wildman–Crippen MR) is 99.1 cm³/mol. The maximum Gasteiger partial charge on any atom is 0.330 e. The molecule has 1 aliphatic carbocycles. The molecule has 1 fully saturated rings. The van der Waals surface area contributed by atoms with E-state index >= 15 is 0 Å². The van der Waals surface area contributed by atoms with Crippen LogP contribution in [0.2, 0.25) is 5.02 Å². The largest absolute Gasteiger partial charge is 0.463 e. The summed E-state index contributed by atoms with van der Waals surface area (Å²) < 4.78 is 4.95. The van der Waals surface area contributed by atoms with Crippen molar-refractivity contribution in [2.45, 2.75) is 38.6 Å². The van der Waals surface area contributed by atoms with Gasteiger partial charge in [-0.05, 0) is 76.2 Å². The fraction of sp³-hybridized carbons (Fsp3) is 0.550. The third-order valence-corrected chi connectivity index (χ3v) is 5.07. The molecule has 0 spiro atoms. The molecule has 1 unspecified atom stereocenters. The molecule has 1 saturated carbocycles. The first kappa shape index (κ1) is 19.0. The topological polar surface area (TPSA) is 29.5 Å². The first-order chi connectivity index (χ1) is 11.5. The van der Waals surface area contributed by atoms with E-state index in [1.807, 2.05) is 25.1 Å². The van der Waals surface area contributed by atoms with E-state index in [4.69, 9.17) is 16.3 Å². The summed E-state index contributed by atoms with van der Waals surface area (Å²) in [7, 11) is 4.29. The molecule has 3 nitrogen and oxygen atoms in total. The molecule has 0 amide bonds. The van der Waals surface area contributed by atoms with Crippen molar-refractivity contribution in [1.29, 1.82) is 0 Å². The van der Waals surface area contributed by atoms with Gasteiger partial charge in [-0.25, -0.2) is 4.79 Å². The van der Waals surface area contributed by atoms with E-state index in [1.54, 1.807) is 6.08 Å². The minimum Gasteiger partial charge on any atom is -0.463 e. The number of esters is 1. The number of halogens is 1. The van der Waals surface area contributed by atoms with Gasteiger partial charge in [0.1, 0.15) is 0 Å². The summed E-state index contributed by atoms with van der Waals surface area (Å²) in [6, 6.07) is 8.64. The van der Waals surface area contributed by atoms with Crippen molar-refractivity contribution >= 4 is 17.6 Å². The van der Waals surface area contributed by atoms with Gasteiger partial charge in [0.2, 0.25) is 0 Å². The lowest BCUT2D eigenvalue weighted by Gasteiger charge is -2.37. The fourth-order valence-electron chi connectivity index (χ4n) is 3.71. The van der Waals surface area contributed by atoms with Crippen molar-refractivity contribution < 1.29 is 9.53 Å². The number of hydrogen-bond acceptors (Lipinski definition) is 3. The maximum absolute atomic E-state index is 11.4. The SMILES string of the molecule is CCOC(=O)/C=C/C1CCC(C(c2ccc(Cl)cc2)N(C)C)CC1. The van der Waals surface area contributed by atoms with Crippen LogP contribution in [0.5, 0.6) is 0 Å². The lowest BCUT2D eigenvalue weighted by atomic mass is 9.76. The second-order valence-corrected chi connectivity index (χ2v) is 7.18. The van der Waals surface area contributed by atoms with Gasteiger partial charge in [0.25, 0.3) is 0 Å². The molecule has 0 aromatic heterocycles. The Balaban J connectivity index is 1.96. The van der Waals surface area contributed by atoms with Crippen LogP contribution in [0.25, 0.3) is 0 Å². The number of hydrogen-bond donors (Lipinski definition) is 0. The molecule has 1 aromatic rings. The van der Waals surface area contributed by atoms with Crippen molar-refractivity contribution in [3.63, 3.8) is 0 Å². The highest BCUT2D eigenvalue weighted by atomic mass is 35.5. The molecule has 2 rings (SSSR count). The van der Waals surface area contributed by atoms with E-state index in [-0.39, 0.29) is 5.97 Å². The third kappa shape index (κ3) is 5.35. The number of allylic oxidation sites excluding steroid dienone is 1. The molecule has 0 heterocycles. The van der Waals surface area contributed by atoms with Crippen molar-refractivity contribution in [3.05, 3.63) is 47.0 Å². The molecule has 0 aliphatic heterocycles. The van der Waals surface area contributed by atoms with Crippen LogP contribution in [-0.4, -0.2) is 31.6 Å². The minimum absolute atomic E-state index is 0.230. The van der Waals surface area contributed by atoms with Crippen LogP contribution < -0.4 is 0 Å². The number of nitrogens with zero attached hydrogens (tertiary/aromatic N) is 1. The van der Waals surface area contributed by atoms with Crippen LogP contribution >= 0.6 is 11.6 Å². The van der Waals surface area contributed by atoms with Gasteiger partial charge in [0, 0.05) is 17.1 Å². The Hall–Kier alpha value is -1.32. The van der Waals surface area contributed by atoms with E-state index in [2.05, 4.69) is 31.1 Å². The normalized spacial score (nSPS) is 22.7. The minimum atomic E-state index is -0.230. The standard InChI is InChI=1S/C20H28ClNO2/c1-4-24-19(23)14-7-15-5-8-16(9-6-15)20(22(2)3)17-10-12-18(21)13-11-17/h7,10-16,20H,4-6,8-9H2,1-3H3/b14-7+. The molecule has 132 valence electrons. The van der Waals surface area contributed by atoms with Gasteiger partial charge in [-0.3, -0.25) is 0 Å². The second-order valence-electron chi connectivity index (χ2n) is 6.75. The molecule has 0 bridgehead atoms. The van der Waals surface area contributed by atoms with Gasteiger partial charge in [-0.15, -0.1) is 0 Å². The maximum atomic E-state index is 11.4. The summed E-state index contributed by atoms with van der Waals surface area (Å²) >= 11 is 6.02. The summed E-state index contributed by atoms with van der Waals surface area (Å²) in [6.45, 7) is 2.26. The number of rotatable bonds is 6. The number of carbonyl (C=O) groups is 1. The van der Waals surface area contributed by atoms with E-state index < -0.39 is 0 Å². The van der Waals surface area contributed by atoms with E-state index in [1.165, 1.54) is 18.4 Å². The summed E-state index contributed by atoms with van der Waals surface area (Å²) in [6.07, 6.45) is 8.21. The van der Waals surface area contributed by atoms with Crippen LogP contribution in [-0.2, 0) is 9.53 Å². The fourth-order valence-corrected chi connectivity index (χ4v) is 3.84. The van der Waals surface area contributed by atoms with Crippen molar-refractivity contribution in [1.82, 2.24) is 4.90 Å². The molecule has 24 heavy (non-hydrogen) atoms. The van der Waals surface area contributed by atoms with Crippen LogP contribution in [0.3, 0.4) is 0 Å². The van der Waals surface area contributed by atoms with Gasteiger partial charge in [0.05, 0.1) is 6.61 Å². The van der Waals surface area contributed by atoms with Gasteiger partial charge in [-0.2, -0.15) is 0 Å². The molecule has 0 N–H and O–H groups in total. The zero-order valence-corrected chi connectivity index (χ0v) is 15.6. The van der Waals surface area contributed by atoms with E-state index in [0.29, 0.717) is 24.5 Å². The number of carbonyl (C=O) groups excluding carboxylic acids is 1. The summed E-state index contributed by atoms with van der Waals surface area (Å²) in [4.78, 5) is 13.7. The molecule has 1 aliphatic rings. The zero-order chi connectivity index (χ0) is 17.5. The lowest BCUT2D eigenvalue weighted by Crippen LogP contribution is -2.30. The zero-order valence-electron chi connectivity index (χ0n) is 14.9. The smallest absolute Gasteiger partial charge is 0.330 e. The highest BCUT2D eigenvalue weighted by Gasteiger charge is 2.29. The van der Waals surface area contributed by atoms with Crippen molar-refractivity contribution in [2.75, 3.05) is 20.7 Å². The highest BCUT2D eigenvalue weighted by Crippen LogP contribution is 2.39. The average molecular weight is 350 g/mol. The Morgan fingerprint density at radius 1 is 1.25 bits per heavy atom. The first-order valence-electron chi connectivity index (χ1n) is 8.78. The van der Waals surface area contributed by atoms with Crippen LogP contribution in [0.15, 0.2) is 36.4 Å². The monoisotopic (exact) mass is 349 g/mol. The average Bonchev–Trinajstić information content (AvgIpc) is 2.56. The molecule has 0 radical (unpaired) electrons. The third-order valence-electron chi connectivity index (χ3n) is 4.82. The Morgan fingerprint density at radius 2 is 1.88 bits per heavy atom. The van der Waals surface area contributed by atoms with Gasteiger partial charge in [0.15, 0.2) is 0 Å². The van der Waals surface area contributed by atoms with Crippen LogP contribution in [0, 0.1) is 11.8 Å². The lowest BCUT2D eigenvalue weighted by molar-refractivity contribution is -0.137. The van der Waals surface area contributed by atoms with Gasteiger partial charge >= 0.3 is 5.97 Å². The Kier molecular flexibility index (Phi) is 7.32. The van der Waals surface area contributed by atoms with Crippen molar-refractivity contribution in [2.24, 2.45) is 11.8 Å². The Bertz CT molecular complexity index is 545. The molecule has 1 aromatic carbocycles. The summed E-state index contributed by atoms with van der Waals surface area (Å²) in [5.41, 5.74) is 1.33. The summed E-state index contributed by atoms with van der Waals surface area (Å²) in [5.74, 6) is 0.888. The molecular weight excluding hydrogens is 322 g/mol. The molecule has 0 saturated heterocycles. The Morgan fingerprint density at radius 3 is 2.42 bits per heavy atom. The molecular formula is C20H28ClNO2. The van der Waals surface area contributed by atoms with Gasteiger partial charge < -0.3 is 9.64 Å². The molecule has 4 heteroatoms. The Labute approximate surface area is 150 Å². The number of ether oxygens (including phenoxy) is 1. The molecule has 1 atom stereocenters. The van der Waals surface area contributed by atoms with Crippen LogP contribution in [0.4, 0.5) is 0 Å². The van der Waals surface area contributed by atoms with Crippen molar-refractivity contribution in [3.8, 4) is 0 Å². The second kappa shape index (κ2) is 9.24. The van der Waals surface area contributed by atoms with E-state index in [9.17, 15) is 4.79 Å². The highest BCUT2D eigenvalue weighted by molar-refractivity contribution is 6.30. The number of benzene rings is 1. The predicted octanol–water partition coefficient (Wildman–Crippen LogP) is 4.87. The summed E-state index contributed by atoms with van der Waals surface area (Å²) in [5, 5.41) is 0.782. The quantitative estimate of drug-likeness (QED) is 0.542. The van der Waals surface area contributed by atoms with Crippen LogP contribution in [0.1, 0.15) is 44.2 Å².